The van der Waals surface area contributed by atoms with Gasteiger partial charge in [-0.1, -0.05) is 18.2 Å². The third-order valence-electron chi connectivity index (χ3n) is 4.04. The number of nitrogens with one attached hydrogen (secondary N) is 2. The minimum Gasteiger partial charge on any atom is -0.390 e. The molecule has 136 valence electrons. The second-order valence-electron chi connectivity index (χ2n) is 6.86. The predicted molar refractivity (Wildman–Crippen MR) is 101 cm³/mol. The van der Waals surface area contributed by atoms with Crippen LogP contribution in [0.4, 0.5) is 14.5 Å². The van der Waals surface area contributed by atoms with Crippen molar-refractivity contribution >= 4 is 28.7 Å². The van der Waals surface area contributed by atoms with Gasteiger partial charge in [0.1, 0.15) is 11.6 Å². The minimum absolute atomic E-state index is 0.287. The Kier molecular flexibility index (Phi) is 5.04. The molecule has 3 aromatic rings. The molecule has 0 unspecified atom stereocenters. The van der Waals surface area contributed by atoms with E-state index < -0.39 is 5.60 Å². The lowest BCUT2D eigenvalue weighted by molar-refractivity contribution is 0.0748. The Morgan fingerprint density at radius 3 is 2.58 bits per heavy atom. The molecule has 0 radical (unpaired) electrons. The zero-order chi connectivity index (χ0) is 18.7. The second kappa shape index (κ2) is 7.25. The van der Waals surface area contributed by atoms with Gasteiger partial charge in [0, 0.05) is 18.0 Å². The summed E-state index contributed by atoms with van der Waals surface area (Å²) >= 11 is 0. The highest BCUT2D eigenvalue weighted by Gasteiger charge is 2.13. The third kappa shape index (κ3) is 4.46. The van der Waals surface area contributed by atoms with E-state index in [9.17, 15) is 13.9 Å². The highest BCUT2D eigenvalue weighted by atomic mass is 19.1. The predicted octanol–water partition coefficient (Wildman–Crippen LogP) is 4.58. The highest BCUT2D eigenvalue weighted by Crippen LogP contribution is 2.25. The quantitative estimate of drug-likeness (QED) is 0.605. The summed E-state index contributed by atoms with van der Waals surface area (Å²) in [6.45, 7) is 3.87. The topological polar surface area (TPSA) is 60.9 Å². The molecule has 1 aromatic heterocycles. The maximum Gasteiger partial charge on any atom is 0.148 e. The van der Waals surface area contributed by atoms with Crippen molar-refractivity contribution in [1.29, 1.82) is 0 Å². The maximum absolute atomic E-state index is 14.2. The van der Waals surface area contributed by atoms with Gasteiger partial charge < -0.3 is 10.4 Å². The van der Waals surface area contributed by atoms with Crippen LogP contribution in [0.15, 0.2) is 36.4 Å². The number of aromatic amines is 1. The van der Waals surface area contributed by atoms with Crippen molar-refractivity contribution in [2.24, 2.45) is 0 Å². The van der Waals surface area contributed by atoms with Crippen molar-refractivity contribution in [2.75, 3.05) is 11.9 Å². The zero-order valence-electron chi connectivity index (χ0n) is 14.7. The average molecular weight is 357 g/mol. The number of anilines is 1. The molecule has 0 fully saturated rings. The van der Waals surface area contributed by atoms with Gasteiger partial charge in [0.2, 0.25) is 0 Å². The number of nitrogens with zero attached hydrogens (tertiary/aromatic N) is 1. The molecule has 1 heterocycles. The van der Waals surface area contributed by atoms with Crippen molar-refractivity contribution in [3.05, 3.63) is 59.3 Å². The molecule has 0 saturated heterocycles. The van der Waals surface area contributed by atoms with E-state index in [1.807, 2.05) is 6.08 Å². The Labute approximate surface area is 150 Å². The van der Waals surface area contributed by atoms with Crippen molar-refractivity contribution in [1.82, 2.24) is 10.2 Å². The first-order valence-electron chi connectivity index (χ1n) is 8.39. The normalized spacial score (nSPS) is 12.2. The first-order valence-corrected chi connectivity index (χ1v) is 8.39. The van der Waals surface area contributed by atoms with E-state index in [0.29, 0.717) is 29.9 Å². The standard InChI is InChI=1S/C20H21F2N3O/c1-20(2,26)9-10-23-19-11-15-17(24-25-18(15)12-16(19)22)8-5-13-3-6-14(21)7-4-13/h3-8,11-12,23,26H,9-10H2,1-2H3,(H,24,25)/b8-5+. The van der Waals surface area contributed by atoms with Crippen molar-refractivity contribution in [3.8, 4) is 0 Å². The lowest BCUT2D eigenvalue weighted by Crippen LogP contribution is -2.22. The van der Waals surface area contributed by atoms with Crippen LogP contribution in [0.2, 0.25) is 0 Å². The van der Waals surface area contributed by atoms with Crippen LogP contribution in [0.25, 0.3) is 23.1 Å². The fourth-order valence-electron chi connectivity index (χ4n) is 2.57. The van der Waals surface area contributed by atoms with Gasteiger partial charge in [-0.3, -0.25) is 5.10 Å². The van der Waals surface area contributed by atoms with Gasteiger partial charge in [-0.15, -0.1) is 0 Å². The Bertz CT molecular complexity index is 925. The largest absolute Gasteiger partial charge is 0.390 e. The summed E-state index contributed by atoms with van der Waals surface area (Å²) in [6.07, 6.45) is 4.11. The minimum atomic E-state index is -0.813. The molecule has 2 aromatic carbocycles. The van der Waals surface area contributed by atoms with Crippen molar-refractivity contribution in [2.45, 2.75) is 25.9 Å². The molecule has 0 bridgehead atoms. The molecule has 4 nitrogen and oxygen atoms in total. The molecule has 0 amide bonds. The molecule has 0 spiro atoms. The van der Waals surface area contributed by atoms with Gasteiger partial charge >= 0.3 is 0 Å². The van der Waals surface area contributed by atoms with E-state index in [4.69, 9.17) is 0 Å². The zero-order valence-corrected chi connectivity index (χ0v) is 14.7. The summed E-state index contributed by atoms with van der Waals surface area (Å²) < 4.78 is 27.2. The number of hydrogen-bond acceptors (Lipinski definition) is 3. The fraction of sp³-hybridized carbons (Fsp3) is 0.250. The van der Waals surface area contributed by atoms with Gasteiger partial charge in [0.05, 0.1) is 22.5 Å². The molecule has 0 aliphatic rings. The van der Waals surface area contributed by atoms with E-state index in [0.717, 1.165) is 10.9 Å². The molecule has 3 N–H and O–H groups in total. The van der Waals surface area contributed by atoms with Crippen LogP contribution < -0.4 is 5.32 Å². The van der Waals surface area contributed by atoms with Crippen LogP contribution in [0, 0.1) is 11.6 Å². The Balaban J connectivity index is 1.83. The maximum atomic E-state index is 14.2. The van der Waals surface area contributed by atoms with Gasteiger partial charge in [-0.2, -0.15) is 5.10 Å². The molecular weight excluding hydrogens is 336 g/mol. The molecular formula is C20H21F2N3O. The van der Waals surface area contributed by atoms with Crippen LogP contribution in [0.3, 0.4) is 0 Å². The van der Waals surface area contributed by atoms with E-state index >= 15 is 0 Å². The number of hydrogen-bond donors (Lipinski definition) is 3. The van der Waals surface area contributed by atoms with E-state index in [1.54, 1.807) is 38.1 Å². The fourth-order valence-corrected chi connectivity index (χ4v) is 2.57. The van der Waals surface area contributed by atoms with Crippen molar-refractivity contribution < 1.29 is 13.9 Å². The summed E-state index contributed by atoms with van der Waals surface area (Å²) in [5.41, 5.74) is 1.64. The Hall–Kier alpha value is -2.73. The Morgan fingerprint density at radius 2 is 1.88 bits per heavy atom. The first-order chi connectivity index (χ1) is 12.3. The van der Waals surface area contributed by atoms with Gasteiger partial charge in [-0.05, 0) is 50.1 Å². The first kappa shape index (κ1) is 18.1. The molecule has 0 saturated carbocycles. The third-order valence-corrected chi connectivity index (χ3v) is 4.04. The highest BCUT2D eigenvalue weighted by molar-refractivity contribution is 5.91. The Morgan fingerprint density at radius 1 is 1.15 bits per heavy atom. The number of aliphatic hydroxyl groups is 1. The van der Waals surface area contributed by atoms with E-state index in [1.165, 1.54) is 18.2 Å². The van der Waals surface area contributed by atoms with Gasteiger partial charge in [-0.25, -0.2) is 8.78 Å². The number of benzene rings is 2. The number of H-pyrrole nitrogens is 1. The SMILES string of the molecule is CC(C)(O)CCNc1cc2c(/C=C/c3ccc(F)cc3)n[nH]c2cc1F. The van der Waals surface area contributed by atoms with Gasteiger partial charge in [0.15, 0.2) is 0 Å². The smallest absolute Gasteiger partial charge is 0.148 e. The van der Waals surface area contributed by atoms with E-state index in [2.05, 4.69) is 15.5 Å². The molecule has 0 aliphatic carbocycles. The lowest BCUT2D eigenvalue weighted by atomic mass is 10.1. The monoisotopic (exact) mass is 357 g/mol. The number of aromatic nitrogens is 2. The summed E-state index contributed by atoms with van der Waals surface area (Å²) in [7, 11) is 0. The second-order valence-corrected chi connectivity index (χ2v) is 6.86. The van der Waals surface area contributed by atoms with Crippen LogP contribution in [0.1, 0.15) is 31.5 Å². The number of fused-ring (bicyclic) bond motifs is 1. The number of rotatable bonds is 6. The molecule has 0 atom stereocenters. The summed E-state index contributed by atoms with van der Waals surface area (Å²) in [6, 6.07) is 9.21. The van der Waals surface area contributed by atoms with Crippen molar-refractivity contribution in [3.63, 3.8) is 0 Å². The molecule has 26 heavy (non-hydrogen) atoms. The van der Waals surface area contributed by atoms with Crippen LogP contribution >= 0.6 is 0 Å². The summed E-state index contributed by atoms with van der Waals surface area (Å²) in [5.74, 6) is -0.671. The summed E-state index contributed by atoms with van der Waals surface area (Å²) in [4.78, 5) is 0. The van der Waals surface area contributed by atoms with Gasteiger partial charge in [0.25, 0.3) is 0 Å². The molecule has 0 aliphatic heterocycles. The molecule has 6 heteroatoms. The van der Waals surface area contributed by atoms with Crippen LogP contribution in [0.5, 0.6) is 0 Å². The molecule has 3 rings (SSSR count). The van der Waals surface area contributed by atoms with Crippen LogP contribution in [-0.2, 0) is 0 Å². The van der Waals surface area contributed by atoms with E-state index in [-0.39, 0.29) is 11.6 Å². The van der Waals surface area contributed by atoms with Crippen LogP contribution in [-0.4, -0.2) is 27.4 Å². The number of halogens is 2. The summed E-state index contributed by atoms with van der Waals surface area (Å²) in [5, 5.41) is 20.6. The lowest BCUT2D eigenvalue weighted by Gasteiger charge is -2.17. The average Bonchev–Trinajstić information content (AvgIpc) is 2.95.